The number of hydrogen-bond acceptors (Lipinski definition) is 5. The molecule has 1 saturated heterocycles. The van der Waals surface area contributed by atoms with Crippen LogP contribution >= 0.6 is 0 Å². The van der Waals surface area contributed by atoms with Gasteiger partial charge in [0.25, 0.3) is 0 Å². The number of aryl methyl sites for hydroxylation is 3. The van der Waals surface area contributed by atoms with Crippen LogP contribution in [0.25, 0.3) is 5.82 Å². The van der Waals surface area contributed by atoms with Crippen LogP contribution in [0, 0.1) is 26.2 Å². The van der Waals surface area contributed by atoms with E-state index in [0.717, 1.165) is 41.9 Å². The van der Waals surface area contributed by atoms with Crippen LogP contribution in [0.1, 0.15) is 38.0 Å². The number of piperazine rings is 1. The number of anilines is 1. The van der Waals surface area contributed by atoms with Gasteiger partial charge in [0.05, 0.1) is 5.69 Å². The van der Waals surface area contributed by atoms with Crippen molar-refractivity contribution in [1.82, 2.24) is 24.6 Å². The Kier molecular flexibility index (Phi) is 4.73. The van der Waals surface area contributed by atoms with Crippen LogP contribution in [-0.4, -0.2) is 56.7 Å². The maximum atomic E-state index is 12.5. The summed E-state index contributed by atoms with van der Waals surface area (Å²) < 4.78 is 1.85. The van der Waals surface area contributed by atoms with E-state index < -0.39 is 0 Å². The first-order valence-electron chi connectivity index (χ1n) is 9.09. The van der Waals surface area contributed by atoms with Crippen molar-refractivity contribution in [1.29, 1.82) is 0 Å². The second kappa shape index (κ2) is 6.70. The van der Waals surface area contributed by atoms with E-state index in [9.17, 15) is 4.79 Å². The highest BCUT2D eigenvalue weighted by molar-refractivity contribution is 5.81. The Morgan fingerprint density at radius 3 is 2.12 bits per heavy atom. The van der Waals surface area contributed by atoms with Gasteiger partial charge in [0.2, 0.25) is 5.91 Å². The zero-order valence-electron chi connectivity index (χ0n) is 16.6. The van der Waals surface area contributed by atoms with Crippen molar-refractivity contribution < 1.29 is 4.79 Å². The fourth-order valence-electron chi connectivity index (χ4n) is 3.28. The molecular formula is C19H28N6O. The summed E-state index contributed by atoms with van der Waals surface area (Å²) in [4.78, 5) is 25.8. The topological polar surface area (TPSA) is 67.2 Å². The molecule has 0 spiro atoms. The summed E-state index contributed by atoms with van der Waals surface area (Å²) >= 11 is 0. The van der Waals surface area contributed by atoms with Crippen LogP contribution in [0.4, 0.5) is 5.82 Å². The lowest BCUT2D eigenvalue weighted by Gasteiger charge is -2.38. The number of aromatic nitrogens is 4. The number of carbonyl (C=O) groups excluding carboxylic acids is 1. The molecule has 1 aliphatic rings. The van der Waals surface area contributed by atoms with Crippen LogP contribution in [0.3, 0.4) is 0 Å². The van der Waals surface area contributed by atoms with E-state index in [-0.39, 0.29) is 11.3 Å². The molecule has 0 aliphatic carbocycles. The molecule has 26 heavy (non-hydrogen) atoms. The molecule has 0 bridgehead atoms. The highest BCUT2D eigenvalue weighted by Crippen LogP contribution is 2.22. The highest BCUT2D eigenvalue weighted by atomic mass is 16.2. The Morgan fingerprint density at radius 2 is 1.58 bits per heavy atom. The number of rotatable bonds is 2. The van der Waals surface area contributed by atoms with Gasteiger partial charge < -0.3 is 9.80 Å². The fraction of sp³-hybridized carbons (Fsp3) is 0.579. The third-order valence-electron chi connectivity index (χ3n) is 4.57. The summed E-state index contributed by atoms with van der Waals surface area (Å²) in [5.41, 5.74) is 1.68. The first kappa shape index (κ1) is 18.4. The lowest BCUT2D eigenvalue weighted by molar-refractivity contribution is -0.139. The normalized spacial score (nSPS) is 15.5. The van der Waals surface area contributed by atoms with Crippen molar-refractivity contribution in [3.63, 3.8) is 0 Å². The van der Waals surface area contributed by atoms with Crippen LogP contribution < -0.4 is 4.90 Å². The van der Waals surface area contributed by atoms with Gasteiger partial charge in [-0.2, -0.15) is 5.10 Å². The predicted octanol–water partition coefficient (Wildman–Crippen LogP) is 2.28. The molecule has 140 valence electrons. The average Bonchev–Trinajstić information content (AvgIpc) is 2.91. The molecule has 1 fully saturated rings. The summed E-state index contributed by atoms with van der Waals surface area (Å²) in [6.07, 6.45) is 0. The summed E-state index contributed by atoms with van der Waals surface area (Å²) in [7, 11) is 0. The summed E-state index contributed by atoms with van der Waals surface area (Å²) in [5, 5.41) is 4.53. The van der Waals surface area contributed by atoms with Crippen LogP contribution in [-0.2, 0) is 4.79 Å². The largest absolute Gasteiger partial charge is 0.353 e. The molecule has 7 heteroatoms. The quantitative estimate of drug-likeness (QED) is 0.826. The average molecular weight is 356 g/mol. The molecule has 0 unspecified atom stereocenters. The molecular weight excluding hydrogens is 328 g/mol. The van der Waals surface area contributed by atoms with Gasteiger partial charge in [-0.15, -0.1) is 0 Å². The third kappa shape index (κ3) is 3.71. The van der Waals surface area contributed by atoms with Crippen LogP contribution in [0.15, 0.2) is 12.1 Å². The van der Waals surface area contributed by atoms with E-state index in [4.69, 9.17) is 0 Å². The third-order valence-corrected chi connectivity index (χ3v) is 4.57. The number of amides is 1. The maximum Gasteiger partial charge on any atom is 0.228 e. The molecule has 2 aromatic rings. The zero-order chi connectivity index (χ0) is 19.1. The summed E-state index contributed by atoms with van der Waals surface area (Å²) in [5.74, 6) is 2.60. The minimum atomic E-state index is -0.337. The smallest absolute Gasteiger partial charge is 0.228 e. The summed E-state index contributed by atoms with van der Waals surface area (Å²) in [6, 6.07) is 4.02. The van der Waals surface area contributed by atoms with E-state index >= 15 is 0 Å². The highest BCUT2D eigenvalue weighted by Gasteiger charge is 2.30. The van der Waals surface area contributed by atoms with Crippen LogP contribution in [0.5, 0.6) is 0 Å². The standard InChI is InChI=1S/C19H28N6O/c1-13-11-14(2)25(22-13)17-12-16(20-15(3)21-17)23-7-9-24(10-8-23)18(26)19(4,5)6/h11-12H,7-10H2,1-6H3. The van der Waals surface area contributed by atoms with Crippen molar-refractivity contribution in [2.24, 2.45) is 5.41 Å². The predicted molar refractivity (Wildman–Crippen MR) is 102 cm³/mol. The SMILES string of the molecule is Cc1cc(C)n(-c2cc(N3CCN(C(=O)C(C)(C)C)CC3)nc(C)n2)n1. The Bertz CT molecular complexity index is 812. The van der Waals surface area contributed by atoms with Crippen molar-refractivity contribution >= 4 is 11.7 Å². The first-order valence-corrected chi connectivity index (χ1v) is 9.09. The van der Waals surface area contributed by atoms with Gasteiger partial charge in [-0.1, -0.05) is 20.8 Å². The Labute approximate surface area is 155 Å². The Morgan fingerprint density at radius 1 is 0.962 bits per heavy atom. The molecule has 1 aliphatic heterocycles. The van der Waals surface area contributed by atoms with Crippen molar-refractivity contribution in [3.05, 3.63) is 29.3 Å². The zero-order valence-corrected chi connectivity index (χ0v) is 16.6. The molecule has 2 aromatic heterocycles. The molecule has 0 saturated carbocycles. The van der Waals surface area contributed by atoms with Gasteiger partial charge in [-0.25, -0.2) is 14.6 Å². The molecule has 0 radical (unpaired) electrons. The van der Waals surface area contributed by atoms with Gasteiger partial charge in [0, 0.05) is 43.4 Å². The van der Waals surface area contributed by atoms with Gasteiger partial charge in [0.15, 0.2) is 5.82 Å². The molecule has 3 rings (SSSR count). The minimum absolute atomic E-state index is 0.208. The number of carbonyl (C=O) groups is 1. The molecule has 0 atom stereocenters. The molecule has 1 amide bonds. The van der Waals surface area contributed by atoms with Crippen molar-refractivity contribution in [2.45, 2.75) is 41.5 Å². The second-order valence-corrected chi connectivity index (χ2v) is 8.00. The van der Waals surface area contributed by atoms with Gasteiger partial charge in [-0.3, -0.25) is 4.79 Å². The van der Waals surface area contributed by atoms with Gasteiger partial charge in [0.1, 0.15) is 11.6 Å². The van der Waals surface area contributed by atoms with E-state index in [2.05, 4.69) is 20.0 Å². The van der Waals surface area contributed by atoms with Crippen molar-refractivity contribution in [2.75, 3.05) is 31.1 Å². The van der Waals surface area contributed by atoms with Crippen LogP contribution in [0.2, 0.25) is 0 Å². The lowest BCUT2D eigenvalue weighted by atomic mass is 9.94. The Hall–Kier alpha value is -2.44. The lowest BCUT2D eigenvalue weighted by Crippen LogP contribution is -2.51. The first-order chi connectivity index (χ1) is 12.1. The number of hydrogen-bond donors (Lipinski definition) is 0. The number of nitrogens with zero attached hydrogens (tertiary/aromatic N) is 6. The summed E-state index contributed by atoms with van der Waals surface area (Å²) in [6.45, 7) is 14.8. The molecule has 3 heterocycles. The second-order valence-electron chi connectivity index (χ2n) is 8.00. The van der Waals surface area contributed by atoms with Crippen molar-refractivity contribution in [3.8, 4) is 5.82 Å². The van der Waals surface area contributed by atoms with E-state index in [0.29, 0.717) is 13.1 Å². The molecule has 0 aromatic carbocycles. The monoisotopic (exact) mass is 356 g/mol. The van der Waals surface area contributed by atoms with E-state index in [1.54, 1.807) is 0 Å². The minimum Gasteiger partial charge on any atom is -0.353 e. The maximum absolute atomic E-state index is 12.5. The van der Waals surface area contributed by atoms with E-state index in [1.807, 2.05) is 63.3 Å². The Balaban J connectivity index is 1.79. The fourth-order valence-corrected chi connectivity index (χ4v) is 3.28. The van der Waals surface area contributed by atoms with Gasteiger partial charge >= 0.3 is 0 Å². The molecule has 0 N–H and O–H groups in total. The van der Waals surface area contributed by atoms with Gasteiger partial charge in [-0.05, 0) is 26.8 Å². The van der Waals surface area contributed by atoms with E-state index in [1.165, 1.54) is 0 Å². The molecule has 7 nitrogen and oxygen atoms in total.